The Morgan fingerprint density at radius 3 is 3.00 bits per heavy atom. The van der Waals surface area contributed by atoms with Crippen molar-refractivity contribution in [3.63, 3.8) is 0 Å². The van der Waals surface area contributed by atoms with E-state index in [-0.39, 0.29) is 11.4 Å². The first-order chi connectivity index (χ1) is 6.08. The smallest absolute Gasteiger partial charge is 0.178 e. The third-order valence-electron chi connectivity index (χ3n) is 2.02. The minimum Gasteiger partial charge on any atom is -0.486 e. The lowest BCUT2D eigenvalue weighted by molar-refractivity contribution is 0.232. The minimum atomic E-state index is -0.305. The van der Waals surface area contributed by atoms with Crippen LogP contribution in [-0.2, 0) is 0 Å². The zero-order valence-electron chi connectivity index (χ0n) is 7.73. The number of anilines is 1. The summed E-state index contributed by atoms with van der Waals surface area (Å²) in [5.74, 6) is 0.0299. The molecule has 0 aliphatic carbocycles. The molecule has 1 aromatic rings. The molecule has 0 fully saturated rings. The molecule has 0 saturated heterocycles. The van der Waals surface area contributed by atoms with Crippen molar-refractivity contribution in [1.29, 1.82) is 0 Å². The second kappa shape index (κ2) is 2.62. The van der Waals surface area contributed by atoms with E-state index in [9.17, 15) is 4.39 Å². The fourth-order valence-corrected chi connectivity index (χ4v) is 1.41. The van der Waals surface area contributed by atoms with Gasteiger partial charge in [0.1, 0.15) is 6.61 Å². The number of fused-ring (bicyclic) bond motifs is 1. The van der Waals surface area contributed by atoms with Crippen molar-refractivity contribution < 1.29 is 9.13 Å². The van der Waals surface area contributed by atoms with Gasteiger partial charge in [-0.15, -0.1) is 0 Å². The predicted molar refractivity (Wildman–Crippen MR) is 49.6 cm³/mol. The Balaban J connectivity index is 2.42. The Labute approximate surface area is 76.7 Å². The lowest BCUT2D eigenvalue weighted by atomic mass is 10.0. The van der Waals surface area contributed by atoms with Gasteiger partial charge < -0.3 is 10.1 Å². The SMILES string of the molecule is CC1(C)COc2c(F)cccc2N1. The topological polar surface area (TPSA) is 21.3 Å². The van der Waals surface area contributed by atoms with Gasteiger partial charge in [0.05, 0.1) is 11.2 Å². The van der Waals surface area contributed by atoms with E-state index in [4.69, 9.17) is 4.74 Å². The summed E-state index contributed by atoms with van der Waals surface area (Å²) in [5, 5.41) is 3.21. The fraction of sp³-hybridized carbons (Fsp3) is 0.400. The molecule has 0 bridgehead atoms. The number of para-hydroxylation sites is 1. The Morgan fingerprint density at radius 1 is 1.46 bits per heavy atom. The third kappa shape index (κ3) is 1.46. The second-order valence-electron chi connectivity index (χ2n) is 3.91. The van der Waals surface area contributed by atoms with E-state index in [1.54, 1.807) is 6.07 Å². The van der Waals surface area contributed by atoms with Crippen molar-refractivity contribution in [2.75, 3.05) is 11.9 Å². The van der Waals surface area contributed by atoms with Crippen LogP contribution in [0.4, 0.5) is 10.1 Å². The van der Waals surface area contributed by atoms with Gasteiger partial charge in [0.15, 0.2) is 11.6 Å². The van der Waals surface area contributed by atoms with Crippen LogP contribution in [0.3, 0.4) is 0 Å². The standard InChI is InChI=1S/C10H12FNO/c1-10(2)6-13-9-7(11)4-3-5-8(9)12-10/h3-5,12H,6H2,1-2H3. The van der Waals surface area contributed by atoms with Crippen LogP contribution in [0.5, 0.6) is 5.75 Å². The first kappa shape index (κ1) is 8.35. The van der Waals surface area contributed by atoms with Crippen molar-refractivity contribution >= 4 is 5.69 Å². The molecule has 1 aliphatic rings. The van der Waals surface area contributed by atoms with Crippen LogP contribution in [0.2, 0.25) is 0 Å². The van der Waals surface area contributed by atoms with E-state index in [1.165, 1.54) is 6.07 Å². The monoisotopic (exact) mass is 181 g/mol. The number of benzene rings is 1. The molecule has 0 amide bonds. The Hall–Kier alpha value is -1.25. The van der Waals surface area contributed by atoms with Crippen LogP contribution in [0.25, 0.3) is 0 Å². The third-order valence-corrected chi connectivity index (χ3v) is 2.02. The number of rotatable bonds is 0. The van der Waals surface area contributed by atoms with Crippen LogP contribution in [-0.4, -0.2) is 12.1 Å². The first-order valence-corrected chi connectivity index (χ1v) is 4.28. The summed E-state index contributed by atoms with van der Waals surface area (Å²) in [4.78, 5) is 0. The summed E-state index contributed by atoms with van der Waals surface area (Å²) in [6.45, 7) is 4.52. The summed E-state index contributed by atoms with van der Waals surface area (Å²) in [6.07, 6.45) is 0. The molecule has 0 unspecified atom stereocenters. The highest BCUT2D eigenvalue weighted by atomic mass is 19.1. The largest absolute Gasteiger partial charge is 0.486 e. The van der Waals surface area contributed by atoms with Crippen molar-refractivity contribution in [2.24, 2.45) is 0 Å². The summed E-state index contributed by atoms with van der Waals surface area (Å²) in [6, 6.07) is 4.89. The molecule has 1 heterocycles. The Kier molecular flexibility index (Phi) is 1.68. The molecule has 0 atom stereocenters. The second-order valence-corrected chi connectivity index (χ2v) is 3.91. The number of hydrogen-bond donors (Lipinski definition) is 1. The average molecular weight is 181 g/mol. The molecule has 2 nitrogen and oxygen atoms in total. The van der Waals surface area contributed by atoms with Gasteiger partial charge in [-0.1, -0.05) is 6.07 Å². The maximum atomic E-state index is 13.2. The fourth-order valence-electron chi connectivity index (χ4n) is 1.41. The predicted octanol–water partition coefficient (Wildman–Crippen LogP) is 2.41. The molecule has 0 saturated carbocycles. The van der Waals surface area contributed by atoms with Crippen molar-refractivity contribution in [1.82, 2.24) is 0 Å². The number of hydrogen-bond acceptors (Lipinski definition) is 2. The number of ether oxygens (including phenoxy) is 1. The van der Waals surface area contributed by atoms with E-state index in [2.05, 4.69) is 5.32 Å². The van der Waals surface area contributed by atoms with Crippen LogP contribution >= 0.6 is 0 Å². The zero-order chi connectivity index (χ0) is 9.47. The van der Waals surface area contributed by atoms with Gasteiger partial charge in [-0.05, 0) is 26.0 Å². The van der Waals surface area contributed by atoms with E-state index < -0.39 is 0 Å². The van der Waals surface area contributed by atoms with Gasteiger partial charge in [-0.25, -0.2) is 4.39 Å². The number of halogens is 1. The average Bonchev–Trinajstić information content (AvgIpc) is 2.02. The van der Waals surface area contributed by atoms with E-state index in [1.807, 2.05) is 19.9 Å². The quantitative estimate of drug-likeness (QED) is 0.663. The summed E-state index contributed by atoms with van der Waals surface area (Å²) < 4.78 is 18.5. The van der Waals surface area contributed by atoms with Gasteiger partial charge in [0.25, 0.3) is 0 Å². The van der Waals surface area contributed by atoms with Gasteiger partial charge in [0, 0.05) is 0 Å². The van der Waals surface area contributed by atoms with Crippen molar-refractivity contribution in [2.45, 2.75) is 19.4 Å². The molecular formula is C10H12FNO. The van der Waals surface area contributed by atoms with E-state index in [0.29, 0.717) is 12.4 Å². The van der Waals surface area contributed by atoms with Gasteiger partial charge >= 0.3 is 0 Å². The molecule has 70 valence electrons. The molecule has 13 heavy (non-hydrogen) atoms. The van der Waals surface area contributed by atoms with Crippen LogP contribution in [0.1, 0.15) is 13.8 Å². The highest BCUT2D eigenvalue weighted by molar-refractivity contribution is 5.59. The molecule has 2 rings (SSSR count). The molecule has 1 aromatic carbocycles. The van der Waals surface area contributed by atoms with Gasteiger partial charge in [0.2, 0.25) is 0 Å². The van der Waals surface area contributed by atoms with Crippen molar-refractivity contribution in [3.8, 4) is 5.75 Å². The first-order valence-electron chi connectivity index (χ1n) is 4.28. The minimum absolute atomic E-state index is 0.124. The Bertz CT molecular complexity index is 336. The van der Waals surface area contributed by atoms with Crippen molar-refractivity contribution in [3.05, 3.63) is 24.0 Å². The normalized spacial score (nSPS) is 18.4. The van der Waals surface area contributed by atoms with E-state index >= 15 is 0 Å². The summed E-state index contributed by atoms with van der Waals surface area (Å²) in [7, 11) is 0. The molecule has 3 heteroatoms. The van der Waals surface area contributed by atoms with Crippen LogP contribution < -0.4 is 10.1 Å². The molecule has 0 radical (unpaired) electrons. The van der Waals surface area contributed by atoms with E-state index in [0.717, 1.165) is 5.69 Å². The lowest BCUT2D eigenvalue weighted by Gasteiger charge is -2.33. The van der Waals surface area contributed by atoms with Gasteiger partial charge in [-0.2, -0.15) is 0 Å². The summed E-state index contributed by atoms with van der Waals surface area (Å²) >= 11 is 0. The zero-order valence-corrected chi connectivity index (χ0v) is 7.73. The van der Waals surface area contributed by atoms with Crippen LogP contribution in [0.15, 0.2) is 18.2 Å². The Morgan fingerprint density at radius 2 is 2.23 bits per heavy atom. The maximum absolute atomic E-state index is 13.2. The summed E-state index contributed by atoms with van der Waals surface area (Å²) in [5.41, 5.74) is 0.608. The lowest BCUT2D eigenvalue weighted by Crippen LogP contribution is -2.41. The molecule has 1 N–H and O–H groups in total. The number of nitrogens with one attached hydrogen (secondary N) is 1. The molecule has 0 aromatic heterocycles. The molecular weight excluding hydrogens is 169 g/mol. The maximum Gasteiger partial charge on any atom is 0.178 e. The van der Waals surface area contributed by atoms with Gasteiger partial charge in [-0.3, -0.25) is 0 Å². The highest BCUT2D eigenvalue weighted by Gasteiger charge is 2.26. The molecule has 1 aliphatic heterocycles. The molecule has 0 spiro atoms. The van der Waals surface area contributed by atoms with Crippen LogP contribution in [0, 0.1) is 5.82 Å². The highest BCUT2D eigenvalue weighted by Crippen LogP contribution is 2.34.